The number of aryl methyl sites for hydroxylation is 1. The summed E-state index contributed by atoms with van der Waals surface area (Å²) in [7, 11) is 1.38. The molecule has 2 N–H and O–H groups in total. The molecule has 0 amide bonds. The second kappa shape index (κ2) is 7.02. The van der Waals surface area contributed by atoms with E-state index in [0.717, 1.165) is 12.1 Å². The second-order valence-electron chi connectivity index (χ2n) is 5.42. The van der Waals surface area contributed by atoms with Crippen molar-refractivity contribution in [3.05, 3.63) is 48.0 Å². The van der Waals surface area contributed by atoms with Crippen LogP contribution < -0.4 is 5.73 Å². The van der Waals surface area contributed by atoms with Gasteiger partial charge in [0.2, 0.25) is 0 Å². The predicted molar refractivity (Wildman–Crippen MR) is 95.9 cm³/mol. The molecule has 5 heteroatoms. The van der Waals surface area contributed by atoms with Gasteiger partial charge >= 0.3 is 5.97 Å². The molecule has 1 atom stereocenters. The van der Waals surface area contributed by atoms with Gasteiger partial charge in [0.1, 0.15) is 0 Å². The number of nitrogens with zero attached hydrogens (tertiary/aromatic N) is 1. The number of carbonyl (C=O) groups excluding carboxylic acids is 1. The van der Waals surface area contributed by atoms with Gasteiger partial charge in [-0.3, -0.25) is 4.79 Å². The number of esters is 1. The summed E-state index contributed by atoms with van der Waals surface area (Å²) in [6.45, 7) is 3.06. The van der Waals surface area contributed by atoms with Crippen LogP contribution in [0.1, 0.15) is 24.9 Å². The van der Waals surface area contributed by atoms with Gasteiger partial charge in [0, 0.05) is 34.4 Å². The number of fused-ring (bicyclic) bond motifs is 3. The lowest BCUT2D eigenvalue weighted by molar-refractivity contribution is -0.141. The molecule has 23 heavy (non-hydrogen) atoms. The first kappa shape index (κ1) is 17.3. The van der Waals surface area contributed by atoms with Gasteiger partial charge < -0.3 is 15.0 Å². The van der Waals surface area contributed by atoms with Crippen molar-refractivity contribution in [3.8, 4) is 0 Å². The molecule has 1 aromatic heterocycles. The van der Waals surface area contributed by atoms with E-state index in [4.69, 9.17) is 10.5 Å². The Labute approximate surface area is 141 Å². The summed E-state index contributed by atoms with van der Waals surface area (Å²) in [4.78, 5) is 11.4. The van der Waals surface area contributed by atoms with E-state index < -0.39 is 0 Å². The summed E-state index contributed by atoms with van der Waals surface area (Å²) in [6.07, 6.45) is 0.189. The van der Waals surface area contributed by atoms with Crippen LogP contribution in [0.25, 0.3) is 21.8 Å². The molecular formula is C18H21ClN2O2. The van der Waals surface area contributed by atoms with Gasteiger partial charge in [-0.15, -0.1) is 12.4 Å². The molecular weight excluding hydrogens is 312 g/mol. The zero-order valence-corrected chi connectivity index (χ0v) is 14.1. The fraction of sp³-hybridized carbons (Fsp3) is 0.278. The minimum atomic E-state index is -0.347. The molecule has 0 aliphatic rings. The summed E-state index contributed by atoms with van der Waals surface area (Å²) >= 11 is 0. The highest BCUT2D eigenvalue weighted by Crippen LogP contribution is 2.31. The van der Waals surface area contributed by atoms with Crippen LogP contribution in [-0.2, 0) is 16.1 Å². The number of rotatable bonds is 4. The van der Waals surface area contributed by atoms with Crippen LogP contribution in [0.3, 0.4) is 0 Å². The van der Waals surface area contributed by atoms with Gasteiger partial charge in [-0.1, -0.05) is 24.3 Å². The predicted octanol–water partition coefficient (Wildman–Crippen LogP) is 3.80. The lowest BCUT2D eigenvalue weighted by Crippen LogP contribution is -2.16. The zero-order valence-electron chi connectivity index (χ0n) is 13.3. The summed E-state index contributed by atoms with van der Waals surface area (Å²) in [5, 5.41) is 2.39. The maximum Gasteiger partial charge on any atom is 0.307 e. The van der Waals surface area contributed by atoms with Gasteiger partial charge in [-0.05, 0) is 30.7 Å². The molecule has 3 rings (SSSR count). The highest BCUT2D eigenvalue weighted by molar-refractivity contribution is 6.08. The maximum absolute atomic E-state index is 11.4. The minimum Gasteiger partial charge on any atom is -0.469 e. The zero-order chi connectivity index (χ0) is 15.7. The fourth-order valence-corrected chi connectivity index (χ4v) is 3.02. The Balaban J connectivity index is 0.00000192. The van der Waals surface area contributed by atoms with Crippen molar-refractivity contribution < 1.29 is 9.53 Å². The Morgan fingerprint density at radius 2 is 1.87 bits per heavy atom. The van der Waals surface area contributed by atoms with E-state index in [0.29, 0.717) is 0 Å². The SMILES string of the molecule is CCn1c2ccccc2c2cc([C@@H](N)CC(=O)OC)ccc21.Cl. The van der Waals surface area contributed by atoms with Crippen LogP contribution in [0, 0.1) is 0 Å². The Bertz CT molecular complexity index is 842. The van der Waals surface area contributed by atoms with E-state index in [1.807, 2.05) is 12.1 Å². The number of benzene rings is 2. The number of carbonyl (C=O) groups is 1. The summed E-state index contributed by atoms with van der Waals surface area (Å²) < 4.78 is 6.99. The number of ether oxygens (including phenoxy) is 1. The fourth-order valence-electron chi connectivity index (χ4n) is 3.02. The van der Waals surface area contributed by atoms with E-state index >= 15 is 0 Å². The van der Waals surface area contributed by atoms with Crippen LogP contribution in [0.15, 0.2) is 42.5 Å². The molecule has 0 saturated carbocycles. The average molecular weight is 333 g/mol. The number of hydrogen-bond donors (Lipinski definition) is 1. The van der Waals surface area contributed by atoms with Crippen LogP contribution in [0.5, 0.6) is 0 Å². The van der Waals surface area contributed by atoms with E-state index in [1.165, 1.54) is 28.9 Å². The Morgan fingerprint density at radius 1 is 1.17 bits per heavy atom. The van der Waals surface area contributed by atoms with Gasteiger partial charge in [0.05, 0.1) is 13.5 Å². The Kier molecular flexibility index (Phi) is 5.29. The highest BCUT2D eigenvalue weighted by atomic mass is 35.5. The third kappa shape index (κ3) is 3.05. The highest BCUT2D eigenvalue weighted by Gasteiger charge is 2.15. The molecule has 0 aliphatic carbocycles. The van der Waals surface area contributed by atoms with Crippen LogP contribution in [0.2, 0.25) is 0 Å². The second-order valence-corrected chi connectivity index (χ2v) is 5.42. The van der Waals surface area contributed by atoms with Crippen molar-refractivity contribution in [2.24, 2.45) is 5.73 Å². The molecule has 0 radical (unpaired) electrons. The van der Waals surface area contributed by atoms with Crippen LogP contribution >= 0.6 is 12.4 Å². The number of para-hydroxylation sites is 1. The van der Waals surface area contributed by atoms with Crippen molar-refractivity contribution in [3.63, 3.8) is 0 Å². The first-order valence-corrected chi connectivity index (χ1v) is 7.49. The molecule has 3 aromatic rings. The third-order valence-corrected chi connectivity index (χ3v) is 4.16. The topological polar surface area (TPSA) is 57.2 Å². The molecule has 1 heterocycles. The Hall–Kier alpha value is -2.04. The average Bonchev–Trinajstić information content (AvgIpc) is 2.87. The monoisotopic (exact) mass is 332 g/mol. The number of halogens is 1. The summed E-state index contributed by atoms with van der Waals surface area (Å²) in [5.41, 5.74) is 9.51. The number of nitrogens with two attached hydrogens (primary N) is 1. The normalized spacial score (nSPS) is 12.1. The van der Waals surface area contributed by atoms with Gasteiger partial charge in [0.15, 0.2) is 0 Å². The number of methoxy groups -OCH3 is 1. The number of hydrogen-bond acceptors (Lipinski definition) is 3. The smallest absolute Gasteiger partial charge is 0.307 e. The molecule has 0 unspecified atom stereocenters. The van der Waals surface area contributed by atoms with Crippen molar-refractivity contribution in [1.82, 2.24) is 4.57 Å². The van der Waals surface area contributed by atoms with E-state index in [-0.39, 0.29) is 30.8 Å². The quantitative estimate of drug-likeness (QED) is 0.739. The molecule has 0 bridgehead atoms. The first-order chi connectivity index (χ1) is 10.7. The third-order valence-electron chi connectivity index (χ3n) is 4.16. The lowest BCUT2D eigenvalue weighted by Gasteiger charge is -2.11. The van der Waals surface area contributed by atoms with Crippen molar-refractivity contribution >= 4 is 40.2 Å². The number of aromatic nitrogens is 1. The molecule has 0 spiro atoms. The molecule has 0 fully saturated rings. The van der Waals surface area contributed by atoms with Gasteiger partial charge in [-0.25, -0.2) is 0 Å². The summed E-state index contributed by atoms with van der Waals surface area (Å²) in [5.74, 6) is -0.288. The maximum atomic E-state index is 11.4. The molecule has 2 aromatic carbocycles. The molecule has 0 aliphatic heterocycles. The Morgan fingerprint density at radius 3 is 2.57 bits per heavy atom. The first-order valence-electron chi connectivity index (χ1n) is 7.49. The lowest BCUT2D eigenvalue weighted by atomic mass is 10.0. The largest absolute Gasteiger partial charge is 0.469 e. The van der Waals surface area contributed by atoms with Gasteiger partial charge in [0.25, 0.3) is 0 Å². The van der Waals surface area contributed by atoms with E-state index in [1.54, 1.807) is 0 Å². The molecule has 0 saturated heterocycles. The van der Waals surface area contributed by atoms with Crippen molar-refractivity contribution in [1.29, 1.82) is 0 Å². The molecule has 122 valence electrons. The van der Waals surface area contributed by atoms with Crippen molar-refractivity contribution in [2.45, 2.75) is 25.9 Å². The van der Waals surface area contributed by atoms with Crippen molar-refractivity contribution in [2.75, 3.05) is 7.11 Å². The summed E-state index contributed by atoms with van der Waals surface area (Å²) in [6, 6.07) is 14.2. The molecule has 4 nitrogen and oxygen atoms in total. The minimum absolute atomic E-state index is 0. The van der Waals surface area contributed by atoms with Gasteiger partial charge in [-0.2, -0.15) is 0 Å². The standard InChI is InChI=1S/C18H20N2O2.ClH/c1-3-20-16-7-5-4-6-13(16)14-10-12(8-9-17(14)20)15(19)11-18(21)22-2;/h4-10,15H,3,11,19H2,1-2H3;1H/t15-;/m0./s1. The van der Waals surface area contributed by atoms with E-state index in [2.05, 4.69) is 41.8 Å². The van der Waals surface area contributed by atoms with E-state index in [9.17, 15) is 4.79 Å². The van der Waals surface area contributed by atoms with Crippen LogP contribution in [-0.4, -0.2) is 17.6 Å². The van der Waals surface area contributed by atoms with Crippen LogP contribution in [0.4, 0.5) is 0 Å².